The number of hydrogen-bond acceptors (Lipinski definition) is 4. The molecule has 0 unspecified atom stereocenters. The van der Waals surface area contributed by atoms with Crippen molar-refractivity contribution in [1.29, 1.82) is 0 Å². The summed E-state index contributed by atoms with van der Waals surface area (Å²) in [6, 6.07) is 0. The molecule has 0 amide bonds. The van der Waals surface area contributed by atoms with E-state index in [4.69, 9.17) is 0 Å². The number of hydrogen-bond donors (Lipinski definition) is 2. The van der Waals surface area contributed by atoms with Crippen LogP contribution in [0.2, 0.25) is 0 Å². The van der Waals surface area contributed by atoms with Crippen molar-refractivity contribution in [2.24, 2.45) is 17.3 Å². The molecule has 1 aliphatic rings. The molecule has 2 rings (SSSR count). The third kappa shape index (κ3) is 3.20. The molecule has 0 aliphatic heterocycles. The summed E-state index contributed by atoms with van der Waals surface area (Å²) in [4.78, 5) is 4.35. The second kappa shape index (κ2) is 6.68. The van der Waals surface area contributed by atoms with Crippen LogP contribution in [0.15, 0.2) is 6.33 Å². The maximum Gasteiger partial charge on any atom is 0.138 e. The van der Waals surface area contributed by atoms with Crippen LogP contribution in [0.4, 0.5) is 0 Å². The van der Waals surface area contributed by atoms with Gasteiger partial charge in [0, 0.05) is 18.4 Å². The van der Waals surface area contributed by atoms with Gasteiger partial charge in [-0.2, -0.15) is 5.10 Å². The lowest BCUT2D eigenvalue weighted by Crippen LogP contribution is -2.40. The van der Waals surface area contributed by atoms with E-state index in [2.05, 4.69) is 23.9 Å². The van der Waals surface area contributed by atoms with E-state index in [1.807, 2.05) is 4.68 Å². The molecule has 0 aromatic carbocycles. The Bertz CT molecular complexity index is 407. The van der Waals surface area contributed by atoms with E-state index in [0.717, 1.165) is 25.2 Å². The first-order valence-electron chi connectivity index (χ1n) is 7.69. The zero-order chi connectivity index (χ0) is 14.6. The summed E-state index contributed by atoms with van der Waals surface area (Å²) in [7, 11) is 0. The fraction of sp³-hybridized carbons (Fsp3) is 0.867. The van der Waals surface area contributed by atoms with Gasteiger partial charge in [-0.05, 0) is 24.7 Å². The number of aliphatic hydroxyl groups excluding tert-OH is 2. The third-order valence-electron chi connectivity index (χ3n) is 4.59. The molecule has 2 N–H and O–H groups in total. The molecule has 1 aromatic rings. The molecular formula is C15H27N3O2. The lowest BCUT2D eigenvalue weighted by Gasteiger charge is -2.35. The molecule has 1 heterocycles. The van der Waals surface area contributed by atoms with E-state index in [9.17, 15) is 10.2 Å². The highest BCUT2D eigenvalue weighted by molar-refractivity contribution is 4.98. The van der Waals surface area contributed by atoms with E-state index < -0.39 is 5.41 Å². The molecule has 5 heteroatoms. The Balaban J connectivity index is 2.17. The largest absolute Gasteiger partial charge is 0.396 e. The van der Waals surface area contributed by atoms with Crippen LogP contribution in [-0.2, 0) is 13.0 Å². The summed E-state index contributed by atoms with van der Waals surface area (Å²) in [6.07, 6.45) is 6.78. The number of aromatic nitrogens is 3. The second-order valence-electron chi connectivity index (χ2n) is 6.59. The van der Waals surface area contributed by atoms with Crippen LogP contribution in [0.3, 0.4) is 0 Å². The molecule has 20 heavy (non-hydrogen) atoms. The maximum absolute atomic E-state index is 9.89. The smallest absolute Gasteiger partial charge is 0.138 e. The van der Waals surface area contributed by atoms with Crippen molar-refractivity contribution >= 4 is 0 Å². The minimum atomic E-state index is -0.446. The van der Waals surface area contributed by atoms with Gasteiger partial charge in [-0.3, -0.25) is 0 Å². The summed E-state index contributed by atoms with van der Waals surface area (Å²) < 4.78 is 1.92. The zero-order valence-corrected chi connectivity index (χ0v) is 12.6. The highest BCUT2D eigenvalue weighted by Crippen LogP contribution is 2.41. The molecule has 1 aromatic heterocycles. The first kappa shape index (κ1) is 15.4. The SMILES string of the molecule is CC(C)Cn1ncnc1CC(CO)(CO)C1CCCC1. The fourth-order valence-corrected chi connectivity index (χ4v) is 3.34. The van der Waals surface area contributed by atoms with Gasteiger partial charge in [0.1, 0.15) is 12.2 Å². The quantitative estimate of drug-likeness (QED) is 0.797. The molecule has 114 valence electrons. The minimum Gasteiger partial charge on any atom is -0.396 e. The summed E-state index contributed by atoms with van der Waals surface area (Å²) in [5.41, 5.74) is -0.446. The molecule has 0 saturated heterocycles. The zero-order valence-electron chi connectivity index (χ0n) is 12.6. The van der Waals surface area contributed by atoms with Crippen molar-refractivity contribution in [3.63, 3.8) is 0 Å². The number of nitrogens with zero attached hydrogens (tertiary/aromatic N) is 3. The van der Waals surface area contributed by atoms with Crippen molar-refractivity contribution in [1.82, 2.24) is 14.8 Å². The van der Waals surface area contributed by atoms with Crippen molar-refractivity contribution in [2.75, 3.05) is 13.2 Å². The predicted molar refractivity (Wildman–Crippen MR) is 77.1 cm³/mol. The van der Waals surface area contributed by atoms with Crippen LogP contribution < -0.4 is 0 Å². The Kier molecular flexibility index (Phi) is 5.16. The van der Waals surface area contributed by atoms with Crippen molar-refractivity contribution in [3.8, 4) is 0 Å². The first-order valence-corrected chi connectivity index (χ1v) is 7.69. The van der Waals surface area contributed by atoms with Gasteiger partial charge in [-0.15, -0.1) is 0 Å². The van der Waals surface area contributed by atoms with Gasteiger partial charge in [-0.1, -0.05) is 26.7 Å². The average Bonchev–Trinajstić information content (AvgIpc) is 3.08. The fourth-order valence-electron chi connectivity index (χ4n) is 3.34. The van der Waals surface area contributed by atoms with Gasteiger partial charge in [-0.25, -0.2) is 9.67 Å². The van der Waals surface area contributed by atoms with Crippen molar-refractivity contribution < 1.29 is 10.2 Å². The molecule has 0 bridgehead atoms. The third-order valence-corrected chi connectivity index (χ3v) is 4.59. The molecule has 0 spiro atoms. The summed E-state index contributed by atoms with van der Waals surface area (Å²) in [5, 5.41) is 24.1. The minimum absolute atomic E-state index is 0.0166. The summed E-state index contributed by atoms with van der Waals surface area (Å²) >= 11 is 0. The van der Waals surface area contributed by atoms with Gasteiger partial charge in [0.25, 0.3) is 0 Å². The van der Waals surface area contributed by atoms with E-state index in [1.54, 1.807) is 6.33 Å². The molecular weight excluding hydrogens is 254 g/mol. The first-order chi connectivity index (χ1) is 9.61. The van der Waals surface area contributed by atoms with Gasteiger partial charge in [0.15, 0.2) is 0 Å². The highest BCUT2D eigenvalue weighted by atomic mass is 16.3. The Morgan fingerprint density at radius 3 is 2.50 bits per heavy atom. The molecule has 5 nitrogen and oxygen atoms in total. The van der Waals surface area contributed by atoms with Crippen molar-refractivity contribution in [2.45, 2.75) is 52.5 Å². The molecule has 1 fully saturated rings. The Morgan fingerprint density at radius 2 is 1.95 bits per heavy atom. The molecule has 1 aliphatic carbocycles. The molecule has 1 saturated carbocycles. The summed E-state index contributed by atoms with van der Waals surface area (Å²) in [5.74, 6) is 1.77. The lowest BCUT2D eigenvalue weighted by molar-refractivity contribution is 0.00327. The van der Waals surface area contributed by atoms with Crippen LogP contribution in [-0.4, -0.2) is 38.2 Å². The normalized spacial score (nSPS) is 17.2. The number of aliphatic hydroxyl groups is 2. The second-order valence-corrected chi connectivity index (χ2v) is 6.59. The Hall–Kier alpha value is -0.940. The number of rotatable bonds is 7. The Morgan fingerprint density at radius 1 is 1.30 bits per heavy atom. The van der Waals surface area contributed by atoms with Crippen LogP contribution in [0.1, 0.15) is 45.4 Å². The van der Waals surface area contributed by atoms with E-state index in [1.165, 1.54) is 12.8 Å². The van der Waals surface area contributed by atoms with Crippen LogP contribution in [0, 0.1) is 17.3 Å². The topological polar surface area (TPSA) is 71.2 Å². The molecule has 0 radical (unpaired) electrons. The monoisotopic (exact) mass is 281 g/mol. The predicted octanol–water partition coefficient (Wildman–Crippen LogP) is 1.64. The summed E-state index contributed by atoms with van der Waals surface area (Å²) in [6.45, 7) is 5.15. The van der Waals surface area contributed by atoms with E-state index in [-0.39, 0.29) is 13.2 Å². The standard InChI is InChI=1S/C15H27N3O2/c1-12(2)8-18-14(16-11-17-18)7-15(9-19,10-20)13-5-3-4-6-13/h11-13,19-20H,3-10H2,1-2H3. The van der Waals surface area contributed by atoms with Crippen LogP contribution >= 0.6 is 0 Å². The van der Waals surface area contributed by atoms with Gasteiger partial charge in [0.2, 0.25) is 0 Å². The Labute approximate surface area is 121 Å². The van der Waals surface area contributed by atoms with E-state index >= 15 is 0 Å². The maximum atomic E-state index is 9.89. The van der Waals surface area contributed by atoms with Crippen molar-refractivity contribution in [3.05, 3.63) is 12.2 Å². The van der Waals surface area contributed by atoms with Crippen LogP contribution in [0.5, 0.6) is 0 Å². The van der Waals surface area contributed by atoms with Gasteiger partial charge >= 0.3 is 0 Å². The average molecular weight is 281 g/mol. The van der Waals surface area contributed by atoms with Gasteiger partial charge in [0.05, 0.1) is 13.2 Å². The highest BCUT2D eigenvalue weighted by Gasteiger charge is 2.40. The van der Waals surface area contributed by atoms with Crippen LogP contribution in [0.25, 0.3) is 0 Å². The van der Waals surface area contributed by atoms with E-state index in [0.29, 0.717) is 18.3 Å². The molecule has 0 atom stereocenters. The van der Waals surface area contributed by atoms with Gasteiger partial charge < -0.3 is 10.2 Å². The lowest BCUT2D eigenvalue weighted by atomic mass is 9.73.